The molecule has 244 valence electrons. The molecule has 1 aliphatic rings. The number of carbonyl (C=O) groups excluding carboxylic acids is 1. The number of carbonyl (C=O) groups is 1. The van der Waals surface area contributed by atoms with Crippen LogP contribution >= 0.6 is 0 Å². The molecule has 1 unspecified atom stereocenters. The molecule has 3 aromatic rings. The van der Waals surface area contributed by atoms with Gasteiger partial charge in [0.25, 0.3) is 5.91 Å². The Morgan fingerprint density at radius 3 is 2.24 bits per heavy atom. The number of nitriles is 1. The lowest BCUT2D eigenvalue weighted by Gasteiger charge is -2.31. The molecule has 4 rings (SSSR count). The van der Waals surface area contributed by atoms with Gasteiger partial charge in [0.2, 0.25) is 0 Å². The maximum Gasteiger partial charge on any atom is 0.416 e. The Kier molecular flexibility index (Phi) is 11.3. The molecular formula is C33H32F5N3O4S. The molecule has 0 aromatic heterocycles. The van der Waals surface area contributed by atoms with Crippen molar-refractivity contribution < 1.29 is 39.9 Å². The predicted octanol–water partition coefficient (Wildman–Crippen LogP) is 6.78. The third-order valence-corrected chi connectivity index (χ3v) is 9.48. The summed E-state index contributed by atoms with van der Waals surface area (Å²) in [7, 11) is -3.41. The molecule has 13 heteroatoms. The predicted molar refractivity (Wildman–Crippen MR) is 161 cm³/mol. The Morgan fingerprint density at radius 2 is 1.67 bits per heavy atom. The Bertz CT molecular complexity index is 1680. The number of ether oxygens (including phenoxy) is 1. The van der Waals surface area contributed by atoms with Crippen LogP contribution in [0.3, 0.4) is 0 Å². The van der Waals surface area contributed by atoms with Crippen LogP contribution in [0.15, 0.2) is 83.3 Å². The average molecular weight is 662 g/mol. The van der Waals surface area contributed by atoms with Gasteiger partial charge in [-0.05, 0) is 70.7 Å². The van der Waals surface area contributed by atoms with Crippen molar-refractivity contribution in [2.45, 2.75) is 50.0 Å². The first kappa shape index (κ1) is 34.7. The van der Waals surface area contributed by atoms with E-state index in [9.17, 15) is 40.4 Å². The highest BCUT2D eigenvalue weighted by molar-refractivity contribution is 7.91. The van der Waals surface area contributed by atoms with Crippen molar-refractivity contribution in [3.05, 3.63) is 106 Å². The molecule has 0 fully saturated rings. The van der Waals surface area contributed by atoms with Gasteiger partial charge in [0.05, 0.1) is 41.4 Å². The maximum absolute atomic E-state index is 13.1. The molecule has 1 atom stereocenters. The summed E-state index contributed by atoms with van der Waals surface area (Å²) in [6.07, 6.45) is -4.10. The minimum Gasteiger partial charge on any atom is -0.344 e. The molecule has 7 nitrogen and oxygen atoms in total. The molecule has 46 heavy (non-hydrogen) atoms. The molecule has 0 saturated heterocycles. The smallest absolute Gasteiger partial charge is 0.344 e. The number of hydrogen-bond acceptors (Lipinski definition) is 6. The fraction of sp³-hybridized carbons (Fsp3) is 0.333. The first-order chi connectivity index (χ1) is 21.8. The highest BCUT2D eigenvalue weighted by Crippen LogP contribution is 2.31. The molecule has 0 bridgehead atoms. The fourth-order valence-corrected chi connectivity index (χ4v) is 6.04. The van der Waals surface area contributed by atoms with E-state index in [1.54, 1.807) is 36.4 Å². The van der Waals surface area contributed by atoms with E-state index >= 15 is 0 Å². The third-order valence-electron chi connectivity index (χ3n) is 7.73. The van der Waals surface area contributed by atoms with Crippen molar-refractivity contribution in [1.29, 1.82) is 5.26 Å². The van der Waals surface area contributed by atoms with Crippen LogP contribution in [0.1, 0.15) is 58.4 Å². The van der Waals surface area contributed by atoms with Crippen LogP contribution in [0.2, 0.25) is 0 Å². The first-order valence-electron chi connectivity index (χ1n) is 14.4. The van der Waals surface area contributed by atoms with Crippen LogP contribution in [0, 0.1) is 11.3 Å². The van der Waals surface area contributed by atoms with E-state index in [0.29, 0.717) is 48.3 Å². The number of nitrogens with one attached hydrogen (secondary N) is 1. The molecule has 1 amide bonds. The van der Waals surface area contributed by atoms with E-state index < -0.39 is 40.1 Å². The fourth-order valence-electron chi connectivity index (χ4n) is 5.15. The molecular weight excluding hydrogens is 629 g/mol. The van der Waals surface area contributed by atoms with Gasteiger partial charge >= 0.3 is 12.8 Å². The molecule has 0 spiro atoms. The standard InChI is InChI=1S/C33H32F5N3O4S/c1-2-46(43,44)28-13-9-24(10-14-28)30(15-17-39)40-31(42)25-7-5-23(6-8-25)29-20-41(18-16-26(29)21-45-32(34)35)19-22-3-11-27(12-4-22)33(36,37)38/h3-14,30,32H,2,15-16,18-21H2,1H3,(H,40,42). The summed E-state index contributed by atoms with van der Waals surface area (Å²) in [6.45, 7) is -0.566. The monoisotopic (exact) mass is 661 g/mol. The van der Waals surface area contributed by atoms with Crippen LogP contribution in [-0.2, 0) is 27.3 Å². The third kappa shape index (κ3) is 8.99. The zero-order valence-corrected chi connectivity index (χ0v) is 25.7. The van der Waals surface area contributed by atoms with Gasteiger partial charge < -0.3 is 10.1 Å². The van der Waals surface area contributed by atoms with Crippen molar-refractivity contribution in [2.24, 2.45) is 0 Å². The van der Waals surface area contributed by atoms with Gasteiger partial charge in [-0.25, -0.2) is 8.42 Å². The summed E-state index contributed by atoms with van der Waals surface area (Å²) in [5.74, 6) is -0.532. The van der Waals surface area contributed by atoms with E-state index in [2.05, 4.69) is 10.1 Å². The quantitative estimate of drug-likeness (QED) is 0.215. The van der Waals surface area contributed by atoms with Gasteiger partial charge in [-0.1, -0.05) is 43.3 Å². The van der Waals surface area contributed by atoms with Gasteiger partial charge in [0, 0.05) is 25.2 Å². The second-order valence-electron chi connectivity index (χ2n) is 10.7. The molecule has 1 heterocycles. The molecule has 3 aromatic carbocycles. The second kappa shape index (κ2) is 15.0. The number of sulfone groups is 1. The van der Waals surface area contributed by atoms with Crippen LogP contribution in [0.25, 0.3) is 5.57 Å². The number of rotatable bonds is 12. The Morgan fingerprint density at radius 1 is 1.02 bits per heavy atom. The van der Waals surface area contributed by atoms with E-state index in [4.69, 9.17) is 0 Å². The highest BCUT2D eigenvalue weighted by Gasteiger charge is 2.30. The number of nitrogens with zero attached hydrogens (tertiary/aromatic N) is 2. The summed E-state index contributed by atoms with van der Waals surface area (Å²) >= 11 is 0. The van der Waals surface area contributed by atoms with Gasteiger partial charge in [-0.15, -0.1) is 0 Å². The zero-order chi connectivity index (χ0) is 33.5. The summed E-state index contributed by atoms with van der Waals surface area (Å²) in [4.78, 5) is 15.3. The van der Waals surface area contributed by atoms with Crippen molar-refractivity contribution in [2.75, 3.05) is 25.4 Å². The molecule has 0 saturated carbocycles. The molecule has 0 aliphatic carbocycles. The summed E-state index contributed by atoms with van der Waals surface area (Å²) in [5.41, 5.74) is 2.80. The molecule has 1 aliphatic heterocycles. The number of alkyl halides is 5. The maximum atomic E-state index is 13.1. The largest absolute Gasteiger partial charge is 0.416 e. The van der Waals surface area contributed by atoms with E-state index in [-0.39, 0.29) is 29.2 Å². The van der Waals surface area contributed by atoms with Gasteiger partial charge in [-0.2, -0.15) is 27.2 Å². The van der Waals surface area contributed by atoms with E-state index in [0.717, 1.165) is 17.7 Å². The van der Waals surface area contributed by atoms with Crippen molar-refractivity contribution in [3.63, 3.8) is 0 Å². The van der Waals surface area contributed by atoms with Crippen LogP contribution in [0.5, 0.6) is 0 Å². The topological polar surface area (TPSA) is 99.5 Å². The first-order valence-corrected chi connectivity index (χ1v) is 16.1. The van der Waals surface area contributed by atoms with Crippen LogP contribution in [-0.4, -0.2) is 51.3 Å². The molecule has 0 radical (unpaired) electrons. The lowest BCUT2D eigenvalue weighted by Crippen LogP contribution is -2.32. The van der Waals surface area contributed by atoms with Crippen molar-refractivity contribution in [3.8, 4) is 6.07 Å². The van der Waals surface area contributed by atoms with Crippen LogP contribution in [0.4, 0.5) is 22.0 Å². The number of benzene rings is 3. The van der Waals surface area contributed by atoms with Crippen LogP contribution < -0.4 is 5.32 Å². The minimum atomic E-state index is -4.44. The number of hydrogen-bond donors (Lipinski definition) is 1. The van der Waals surface area contributed by atoms with E-state index in [1.165, 1.54) is 31.2 Å². The second-order valence-corrected chi connectivity index (χ2v) is 13.0. The lowest BCUT2D eigenvalue weighted by molar-refractivity contribution is -0.137. The number of amides is 1. The lowest BCUT2D eigenvalue weighted by atomic mass is 9.93. The normalized spacial score (nSPS) is 15.1. The Hall–Kier alpha value is -4.12. The average Bonchev–Trinajstić information content (AvgIpc) is 3.03. The molecule has 1 N–H and O–H groups in total. The Balaban J connectivity index is 1.50. The highest BCUT2D eigenvalue weighted by atomic mass is 32.2. The number of halogens is 5. The van der Waals surface area contributed by atoms with Gasteiger partial charge in [0.1, 0.15) is 0 Å². The van der Waals surface area contributed by atoms with E-state index in [1.807, 2.05) is 11.0 Å². The minimum absolute atomic E-state index is 0.0567. The zero-order valence-electron chi connectivity index (χ0n) is 24.9. The van der Waals surface area contributed by atoms with Gasteiger partial charge in [-0.3, -0.25) is 9.69 Å². The van der Waals surface area contributed by atoms with Crippen molar-refractivity contribution in [1.82, 2.24) is 10.2 Å². The van der Waals surface area contributed by atoms with Crippen molar-refractivity contribution >= 4 is 21.3 Å². The Labute approximate surface area is 264 Å². The summed E-state index contributed by atoms with van der Waals surface area (Å²) < 4.78 is 93.5. The summed E-state index contributed by atoms with van der Waals surface area (Å²) in [5, 5.41) is 12.1. The summed E-state index contributed by atoms with van der Waals surface area (Å²) in [6, 6.07) is 18.7. The van der Waals surface area contributed by atoms with Gasteiger partial charge in [0.15, 0.2) is 9.84 Å². The SMILES string of the molecule is CCS(=O)(=O)c1ccc(C(CC#N)NC(=O)c2ccc(C3=C(COC(F)F)CCN(Cc4ccc(C(F)(F)F)cc4)C3)cc2)cc1.